The Morgan fingerprint density at radius 3 is 2.43 bits per heavy atom. The minimum Gasteiger partial charge on any atom is -0.456 e. The van der Waals surface area contributed by atoms with Crippen LogP contribution in [0.15, 0.2) is 67.0 Å². The first-order valence-corrected chi connectivity index (χ1v) is 14.2. The number of halogens is 1. The molecule has 0 bridgehead atoms. The van der Waals surface area contributed by atoms with Crippen LogP contribution in [0.25, 0.3) is 39.2 Å². The van der Waals surface area contributed by atoms with Crippen molar-refractivity contribution in [1.29, 1.82) is 0 Å². The normalized spacial score (nSPS) is 22.1. The summed E-state index contributed by atoms with van der Waals surface area (Å²) in [6.45, 7) is 4.12. The van der Waals surface area contributed by atoms with Gasteiger partial charge < -0.3 is 29.4 Å². The van der Waals surface area contributed by atoms with E-state index in [2.05, 4.69) is 27.2 Å². The van der Waals surface area contributed by atoms with E-state index in [1.165, 1.54) is 0 Å². The molecule has 11 heteroatoms. The van der Waals surface area contributed by atoms with Gasteiger partial charge in [-0.15, -0.1) is 0 Å². The minimum absolute atomic E-state index is 0.233. The number of benzene rings is 2. The number of aromatic nitrogens is 5. The van der Waals surface area contributed by atoms with Crippen molar-refractivity contribution in [2.45, 2.75) is 50.3 Å². The average Bonchev–Trinajstić information content (AvgIpc) is 3.75. The number of aromatic amines is 1. The number of nitrogens with one attached hydrogen (secondary N) is 1. The molecular formula is C31H30ClN5O5. The lowest BCUT2D eigenvalue weighted by Crippen LogP contribution is -2.34. The molecule has 2 aromatic carbocycles. The van der Waals surface area contributed by atoms with Crippen LogP contribution in [0.2, 0.25) is 5.02 Å². The molecule has 2 fully saturated rings. The number of hydrogen-bond acceptors (Lipinski definition) is 8. The SMILES string of the molecule is CC(C)(O)Cc1cnn(-c2ccc(-c3ccc(-c4nc5nc(O[C@@H]6COC7C6OC[C@H]7O)[nH]c5cc4Cl)cc3)cc2)c1. The molecule has 0 saturated carbocycles. The number of nitrogens with zero attached hydrogens (tertiary/aromatic N) is 4. The van der Waals surface area contributed by atoms with Crippen LogP contribution in [-0.2, 0) is 15.9 Å². The van der Waals surface area contributed by atoms with Crippen molar-refractivity contribution in [3.8, 4) is 34.1 Å². The average molecular weight is 588 g/mol. The Balaban J connectivity index is 1.07. The van der Waals surface area contributed by atoms with Gasteiger partial charge in [-0.2, -0.15) is 10.1 Å². The molecule has 2 saturated heterocycles. The molecule has 0 amide bonds. The molecule has 0 aliphatic carbocycles. The van der Waals surface area contributed by atoms with Crippen molar-refractivity contribution < 1.29 is 24.4 Å². The molecule has 5 aromatic rings. The molecule has 3 N–H and O–H groups in total. The third-order valence-corrected chi connectivity index (χ3v) is 7.83. The van der Waals surface area contributed by atoms with E-state index in [1.807, 2.05) is 47.3 Å². The van der Waals surface area contributed by atoms with Crippen LogP contribution in [0.1, 0.15) is 19.4 Å². The zero-order chi connectivity index (χ0) is 29.0. The number of imidazole rings is 1. The van der Waals surface area contributed by atoms with Gasteiger partial charge in [0.1, 0.15) is 18.3 Å². The van der Waals surface area contributed by atoms with E-state index in [-0.39, 0.29) is 24.9 Å². The summed E-state index contributed by atoms with van der Waals surface area (Å²) in [4.78, 5) is 12.3. The fourth-order valence-electron chi connectivity index (χ4n) is 5.56. The molecule has 0 radical (unpaired) electrons. The van der Waals surface area contributed by atoms with Crippen LogP contribution in [0.5, 0.6) is 6.01 Å². The first kappa shape index (κ1) is 27.1. The van der Waals surface area contributed by atoms with Gasteiger partial charge in [-0.3, -0.25) is 0 Å². The smallest absolute Gasteiger partial charge is 0.296 e. The Morgan fingerprint density at radius 2 is 1.69 bits per heavy atom. The summed E-state index contributed by atoms with van der Waals surface area (Å²) in [6, 6.07) is 18.3. The maximum atomic E-state index is 10.1. The second-order valence-electron chi connectivity index (χ2n) is 11.5. The van der Waals surface area contributed by atoms with Gasteiger partial charge in [-0.25, -0.2) is 9.67 Å². The lowest BCUT2D eigenvalue weighted by Gasteiger charge is -2.15. The molecule has 5 heterocycles. The van der Waals surface area contributed by atoms with Crippen LogP contribution in [-0.4, -0.2) is 78.2 Å². The molecule has 216 valence electrons. The largest absolute Gasteiger partial charge is 0.456 e. The van der Waals surface area contributed by atoms with Crippen LogP contribution in [0.4, 0.5) is 0 Å². The van der Waals surface area contributed by atoms with Crippen LogP contribution >= 0.6 is 11.6 Å². The Labute approximate surface area is 246 Å². The lowest BCUT2D eigenvalue weighted by molar-refractivity contribution is 0.00706. The summed E-state index contributed by atoms with van der Waals surface area (Å²) in [6.07, 6.45) is 2.53. The number of aliphatic hydroxyl groups excluding tert-OH is 1. The number of ether oxygens (including phenoxy) is 3. The van der Waals surface area contributed by atoms with E-state index in [1.54, 1.807) is 26.1 Å². The Kier molecular flexibility index (Phi) is 6.75. The van der Waals surface area contributed by atoms with E-state index in [0.29, 0.717) is 40.9 Å². The summed E-state index contributed by atoms with van der Waals surface area (Å²) in [5.41, 5.74) is 5.88. The third-order valence-electron chi connectivity index (χ3n) is 7.55. The molecule has 0 spiro atoms. The quantitative estimate of drug-likeness (QED) is 0.256. The molecule has 7 rings (SSSR count). The van der Waals surface area contributed by atoms with Gasteiger partial charge in [-0.1, -0.05) is 48.0 Å². The van der Waals surface area contributed by atoms with Gasteiger partial charge in [0, 0.05) is 18.2 Å². The van der Waals surface area contributed by atoms with E-state index >= 15 is 0 Å². The van der Waals surface area contributed by atoms with Crippen molar-refractivity contribution in [2.75, 3.05) is 13.2 Å². The first-order chi connectivity index (χ1) is 20.2. The molecule has 2 unspecified atom stereocenters. The molecule has 3 aromatic heterocycles. The zero-order valence-electron chi connectivity index (χ0n) is 23.1. The van der Waals surface area contributed by atoms with Gasteiger partial charge >= 0.3 is 0 Å². The molecule has 4 atom stereocenters. The Hall–Kier alpha value is -3.80. The van der Waals surface area contributed by atoms with Crippen molar-refractivity contribution in [1.82, 2.24) is 24.7 Å². The summed E-state index contributed by atoms with van der Waals surface area (Å²) in [5, 5.41) is 25.0. The Bertz CT molecular complexity index is 1730. The number of pyridine rings is 1. The number of hydrogen-bond donors (Lipinski definition) is 3. The van der Waals surface area contributed by atoms with Gasteiger partial charge in [0.15, 0.2) is 11.8 Å². The summed E-state index contributed by atoms with van der Waals surface area (Å²) in [5.74, 6) is 0. The molecule has 2 aliphatic heterocycles. The van der Waals surface area contributed by atoms with Crippen molar-refractivity contribution in [3.05, 3.63) is 77.6 Å². The predicted octanol–water partition coefficient (Wildman–Crippen LogP) is 4.35. The Morgan fingerprint density at radius 1 is 1.00 bits per heavy atom. The van der Waals surface area contributed by atoms with Crippen molar-refractivity contribution in [2.24, 2.45) is 0 Å². The highest BCUT2D eigenvalue weighted by molar-refractivity contribution is 6.33. The monoisotopic (exact) mass is 587 g/mol. The molecule has 2 aliphatic rings. The maximum absolute atomic E-state index is 10.1. The van der Waals surface area contributed by atoms with Crippen molar-refractivity contribution >= 4 is 22.8 Å². The predicted molar refractivity (Wildman–Crippen MR) is 157 cm³/mol. The highest BCUT2D eigenvalue weighted by atomic mass is 35.5. The highest BCUT2D eigenvalue weighted by Crippen LogP contribution is 2.33. The van der Waals surface area contributed by atoms with Crippen LogP contribution < -0.4 is 4.74 Å². The van der Waals surface area contributed by atoms with E-state index in [9.17, 15) is 10.2 Å². The fraction of sp³-hybridized carbons (Fsp3) is 0.323. The lowest BCUT2D eigenvalue weighted by atomic mass is 10.0. The summed E-state index contributed by atoms with van der Waals surface area (Å²) < 4.78 is 19.1. The number of H-pyrrole nitrogens is 1. The second-order valence-corrected chi connectivity index (χ2v) is 11.9. The van der Waals surface area contributed by atoms with E-state index in [4.69, 9.17) is 30.8 Å². The van der Waals surface area contributed by atoms with Gasteiger partial charge in [0.25, 0.3) is 6.01 Å². The standard InChI is InChI=1S/C31H30ClN5O5/c1-31(2,39)12-17-13-33-37(14-17)21-9-7-19(8-10-21)18-3-5-20(6-4-18)26-22(32)11-23-29(35-26)36-30(34-23)42-25-16-41-27-24(38)15-40-28(25)27/h3-11,13-14,24-25,27-28,38-39H,12,15-16H2,1-2H3,(H,34,35,36)/t24-,25-,27?,28?/m1/s1. The van der Waals surface area contributed by atoms with Gasteiger partial charge in [0.2, 0.25) is 0 Å². The maximum Gasteiger partial charge on any atom is 0.296 e. The second kappa shape index (κ2) is 10.5. The summed E-state index contributed by atoms with van der Waals surface area (Å²) >= 11 is 6.63. The topological polar surface area (TPSA) is 128 Å². The van der Waals surface area contributed by atoms with Crippen molar-refractivity contribution in [3.63, 3.8) is 0 Å². The fourth-order valence-corrected chi connectivity index (χ4v) is 5.82. The third kappa shape index (κ3) is 5.28. The summed E-state index contributed by atoms with van der Waals surface area (Å²) in [7, 11) is 0. The van der Waals surface area contributed by atoms with E-state index in [0.717, 1.165) is 27.9 Å². The number of fused-ring (bicyclic) bond motifs is 2. The molecule has 10 nitrogen and oxygen atoms in total. The molecular weight excluding hydrogens is 558 g/mol. The van der Waals surface area contributed by atoms with Gasteiger partial charge in [-0.05, 0) is 48.7 Å². The highest BCUT2D eigenvalue weighted by Gasteiger charge is 2.48. The molecule has 42 heavy (non-hydrogen) atoms. The van der Waals surface area contributed by atoms with Crippen LogP contribution in [0.3, 0.4) is 0 Å². The first-order valence-electron chi connectivity index (χ1n) is 13.8. The minimum atomic E-state index is -0.781. The van der Waals surface area contributed by atoms with Gasteiger partial charge in [0.05, 0.1) is 46.9 Å². The van der Waals surface area contributed by atoms with Crippen LogP contribution in [0, 0.1) is 0 Å². The number of rotatable bonds is 7. The van der Waals surface area contributed by atoms with E-state index < -0.39 is 11.7 Å². The zero-order valence-corrected chi connectivity index (χ0v) is 23.8. The number of aliphatic hydroxyl groups is 2.